The molecule has 2 atom stereocenters. The van der Waals surface area contributed by atoms with Crippen LogP contribution in [0.1, 0.15) is 12.5 Å². The van der Waals surface area contributed by atoms with Crippen molar-refractivity contribution in [3.8, 4) is 0 Å². The molecule has 0 radical (unpaired) electrons. The quantitative estimate of drug-likeness (QED) is 0.0945. The molecule has 2 fully saturated rings. The van der Waals surface area contributed by atoms with Crippen LogP contribution < -0.4 is 30.0 Å². The SMILES string of the molecule is CC(Cc1ccccc1)[NH+]1CC[NH+](CC(O)C[NH+]2CCOCC2)CC1.O=C([O-])/C=C/C(=O)O.O=C([O-])/C=C/C(=O)O.O=C([O-])/C=C/C(=O)O. The zero-order valence-corrected chi connectivity index (χ0v) is 27.2. The van der Waals surface area contributed by atoms with Crippen molar-refractivity contribution in [1.82, 2.24) is 0 Å². The van der Waals surface area contributed by atoms with E-state index in [2.05, 4.69) is 37.3 Å². The largest absolute Gasteiger partial charge is 0.545 e. The lowest BCUT2D eigenvalue weighted by Crippen LogP contribution is -3.30. The summed E-state index contributed by atoms with van der Waals surface area (Å²) < 4.78 is 5.40. The zero-order valence-electron chi connectivity index (χ0n) is 27.2. The Bertz CT molecular complexity index is 1130. The van der Waals surface area contributed by atoms with Gasteiger partial charge in [0.05, 0.1) is 37.2 Å². The van der Waals surface area contributed by atoms with Crippen LogP contribution in [0.15, 0.2) is 66.8 Å². The van der Waals surface area contributed by atoms with Gasteiger partial charge in [0.15, 0.2) is 6.10 Å². The molecule has 7 N–H and O–H groups in total. The number of piperazine rings is 1. The van der Waals surface area contributed by atoms with Crippen molar-refractivity contribution in [2.75, 3.05) is 65.6 Å². The molecule has 0 spiro atoms. The summed E-state index contributed by atoms with van der Waals surface area (Å²) in [6, 6.07) is 11.5. The molecule has 0 aliphatic carbocycles. The van der Waals surface area contributed by atoms with Gasteiger partial charge in [0.1, 0.15) is 52.4 Å². The van der Waals surface area contributed by atoms with E-state index in [1.54, 1.807) is 9.80 Å². The van der Waals surface area contributed by atoms with Gasteiger partial charge in [-0.3, -0.25) is 0 Å². The van der Waals surface area contributed by atoms with Crippen molar-refractivity contribution in [2.45, 2.75) is 25.5 Å². The predicted molar refractivity (Wildman–Crippen MR) is 164 cm³/mol. The van der Waals surface area contributed by atoms with Crippen molar-refractivity contribution in [3.05, 3.63) is 72.4 Å². The molecule has 0 aromatic heterocycles. The van der Waals surface area contributed by atoms with Gasteiger partial charge in [-0.15, -0.1) is 0 Å². The average molecular weight is 696 g/mol. The number of ether oxygens (including phenoxy) is 1. The standard InChI is InChI=1S/C20H33N3O2.3C4H4O4/c1-18(15-19-5-3-2-4-6-19)23-9-7-21(8-10-23)16-20(24)17-22-11-13-25-14-12-22;3*5-3(6)1-2-4(7)8/h2-6,18,20,24H,7-17H2,1H3;3*1-2H,(H,5,6)(H,7,8)/b;3*2-1+. The van der Waals surface area contributed by atoms with Crippen molar-refractivity contribution in [3.63, 3.8) is 0 Å². The van der Waals surface area contributed by atoms with Crippen LogP contribution in [0, 0.1) is 0 Å². The molecular weight excluding hydrogens is 650 g/mol. The smallest absolute Gasteiger partial charge is 0.328 e. The van der Waals surface area contributed by atoms with Crippen molar-refractivity contribution in [2.24, 2.45) is 0 Å². The maximum absolute atomic E-state index is 10.4. The zero-order chi connectivity index (χ0) is 37.2. The fourth-order valence-corrected chi connectivity index (χ4v) is 4.75. The molecule has 1 aromatic carbocycles. The Hall–Kier alpha value is -4.94. The lowest BCUT2D eigenvalue weighted by atomic mass is 10.1. The number of carbonyl (C=O) groups excluding carboxylic acids is 3. The predicted octanol–water partition coefficient (Wildman–Crippen LogP) is -8.19. The minimum atomic E-state index is -1.51. The van der Waals surface area contributed by atoms with Gasteiger partial charge in [0, 0.05) is 24.6 Å². The average Bonchev–Trinajstić information content (AvgIpc) is 3.04. The van der Waals surface area contributed by atoms with Gasteiger partial charge >= 0.3 is 17.9 Å². The van der Waals surface area contributed by atoms with Crippen molar-refractivity contribution >= 4 is 35.8 Å². The van der Waals surface area contributed by atoms with E-state index in [4.69, 9.17) is 20.1 Å². The summed E-state index contributed by atoms with van der Waals surface area (Å²) in [5, 5.41) is 62.1. The minimum absolute atomic E-state index is 0.175. The molecular formula is C32H45N3O14. The number of nitrogens with one attached hydrogen (secondary N) is 3. The van der Waals surface area contributed by atoms with Crippen LogP contribution >= 0.6 is 0 Å². The summed E-state index contributed by atoms with van der Waals surface area (Å²) in [7, 11) is 0. The second kappa shape index (κ2) is 26.1. The van der Waals surface area contributed by atoms with Crippen LogP contribution in [0.25, 0.3) is 0 Å². The van der Waals surface area contributed by atoms with E-state index in [-0.39, 0.29) is 6.10 Å². The van der Waals surface area contributed by atoms with Gasteiger partial charge in [0.25, 0.3) is 0 Å². The fourth-order valence-electron chi connectivity index (χ4n) is 4.75. The first-order chi connectivity index (χ1) is 23.1. The highest BCUT2D eigenvalue weighted by Gasteiger charge is 2.29. The highest BCUT2D eigenvalue weighted by molar-refractivity contribution is 5.89. The maximum Gasteiger partial charge on any atom is 0.328 e. The number of aliphatic carboxylic acids is 6. The molecule has 17 heteroatoms. The summed E-state index contributed by atoms with van der Waals surface area (Å²) in [4.78, 5) is 61.7. The van der Waals surface area contributed by atoms with Gasteiger partial charge in [-0.25, -0.2) is 14.4 Å². The van der Waals surface area contributed by atoms with Gasteiger partial charge in [0.2, 0.25) is 0 Å². The third-order valence-corrected chi connectivity index (χ3v) is 7.02. The Morgan fingerprint density at radius 3 is 1.41 bits per heavy atom. The second-order valence-corrected chi connectivity index (χ2v) is 10.9. The van der Waals surface area contributed by atoms with Crippen LogP contribution in [-0.4, -0.2) is 134 Å². The number of hydrogen-bond donors (Lipinski definition) is 7. The number of carboxylic acids is 6. The van der Waals surface area contributed by atoms with Gasteiger partial charge in [-0.2, -0.15) is 0 Å². The summed E-state index contributed by atoms with van der Waals surface area (Å²) >= 11 is 0. The molecule has 272 valence electrons. The molecule has 0 amide bonds. The second-order valence-electron chi connectivity index (χ2n) is 10.9. The molecule has 0 bridgehead atoms. The Labute approximate surface area is 283 Å². The van der Waals surface area contributed by atoms with E-state index < -0.39 is 35.8 Å². The van der Waals surface area contributed by atoms with Crippen LogP contribution in [0.2, 0.25) is 0 Å². The Kier molecular flexibility index (Phi) is 23.4. The van der Waals surface area contributed by atoms with Crippen molar-refractivity contribution in [1.29, 1.82) is 0 Å². The number of hydrogen-bond acceptors (Lipinski definition) is 11. The number of aliphatic hydroxyl groups is 1. The fraction of sp³-hybridized carbons (Fsp3) is 0.438. The number of carboxylic acid groups (broad SMARTS) is 6. The molecule has 49 heavy (non-hydrogen) atoms. The third kappa shape index (κ3) is 26.8. The molecule has 2 aliphatic heterocycles. The van der Waals surface area contributed by atoms with E-state index in [1.807, 2.05) is 0 Å². The van der Waals surface area contributed by atoms with Crippen molar-refractivity contribution < 1.29 is 83.9 Å². The van der Waals surface area contributed by atoms with E-state index >= 15 is 0 Å². The number of carbonyl (C=O) groups is 6. The first-order valence-corrected chi connectivity index (χ1v) is 15.3. The maximum atomic E-state index is 10.4. The highest BCUT2D eigenvalue weighted by Crippen LogP contribution is 2.01. The summed E-state index contributed by atoms with van der Waals surface area (Å²) in [6.45, 7) is 12.8. The van der Waals surface area contributed by atoms with Crippen LogP contribution in [0.4, 0.5) is 0 Å². The molecule has 2 saturated heterocycles. The summed E-state index contributed by atoms with van der Waals surface area (Å²) in [5.41, 5.74) is 1.45. The Balaban J connectivity index is 0.000000786. The van der Waals surface area contributed by atoms with E-state index in [9.17, 15) is 49.2 Å². The van der Waals surface area contributed by atoms with Crippen LogP contribution in [-0.2, 0) is 39.9 Å². The topological polar surface area (TPSA) is 275 Å². The Morgan fingerprint density at radius 1 is 0.673 bits per heavy atom. The van der Waals surface area contributed by atoms with E-state index in [1.165, 1.54) is 36.6 Å². The van der Waals surface area contributed by atoms with E-state index in [0.29, 0.717) is 42.5 Å². The molecule has 2 unspecified atom stereocenters. The number of aliphatic hydroxyl groups excluding tert-OH is 1. The first kappa shape index (κ1) is 44.1. The van der Waals surface area contributed by atoms with E-state index in [0.717, 1.165) is 45.8 Å². The highest BCUT2D eigenvalue weighted by atomic mass is 16.5. The minimum Gasteiger partial charge on any atom is -0.545 e. The molecule has 1 aromatic rings. The lowest BCUT2D eigenvalue weighted by molar-refractivity contribution is -1.02. The number of quaternary nitrogens is 3. The van der Waals surface area contributed by atoms with Gasteiger partial charge in [-0.05, 0) is 30.7 Å². The first-order valence-electron chi connectivity index (χ1n) is 15.3. The molecule has 0 saturated carbocycles. The third-order valence-electron chi connectivity index (χ3n) is 7.02. The summed E-state index contributed by atoms with van der Waals surface area (Å²) in [5.74, 6) is -8.41. The molecule has 2 aliphatic rings. The van der Waals surface area contributed by atoms with Gasteiger partial charge < -0.3 is 69.6 Å². The number of rotatable bonds is 13. The normalized spacial score (nSPS) is 18.8. The Morgan fingerprint density at radius 2 is 1.06 bits per heavy atom. The van der Waals surface area contributed by atoms with Crippen LogP contribution in [0.3, 0.4) is 0 Å². The summed E-state index contributed by atoms with van der Waals surface area (Å²) in [6.07, 6.45) is 3.81. The molecule has 3 rings (SSSR count). The number of morpholine rings is 1. The molecule has 2 heterocycles. The lowest BCUT2D eigenvalue weighted by Gasteiger charge is -2.34. The molecule has 17 nitrogen and oxygen atoms in total. The van der Waals surface area contributed by atoms with Crippen LogP contribution in [0.5, 0.6) is 0 Å². The number of benzene rings is 1. The monoisotopic (exact) mass is 695 g/mol. The van der Waals surface area contributed by atoms with Gasteiger partial charge in [-0.1, -0.05) is 30.3 Å².